The van der Waals surface area contributed by atoms with E-state index in [1.807, 2.05) is 0 Å². The van der Waals surface area contributed by atoms with Crippen LogP contribution in [0.25, 0.3) is 0 Å². The summed E-state index contributed by atoms with van der Waals surface area (Å²) in [7, 11) is 1.73. The van der Waals surface area contributed by atoms with Gasteiger partial charge in [-0.25, -0.2) is 9.97 Å². The van der Waals surface area contributed by atoms with Gasteiger partial charge in [-0.15, -0.1) is 0 Å². The maximum atomic E-state index is 6.23. The molecule has 0 atom stereocenters. The first-order valence-corrected chi connectivity index (χ1v) is 7.72. The molecule has 0 aliphatic heterocycles. The van der Waals surface area contributed by atoms with Crippen molar-refractivity contribution in [3.63, 3.8) is 0 Å². The van der Waals surface area contributed by atoms with E-state index in [0.717, 1.165) is 34.4 Å². The van der Waals surface area contributed by atoms with Gasteiger partial charge in [0.25, 0.3) is 0 Å². The van der Waals surface area contributed by atoms with Gasteiger partial charge in [-0.3, -0.25) is 0 Å². The molecular weight excluding hydrogens is 363 g/mol. The molecule has 18 heavy (non-hydrogen) atoms. The Morgan fingerprint density at radius 3 is 2.50 bits per heavy atom. The first kappa shape index (κ1) is 14.5. The number of methoxy groups -OCH3 is 1. The summed E-state index contributed by atoms with van der Waals surface area (Å²) in [6.45, 7) is 4.36. The topological polar surface area (TPSA) is 35.0 Å². The number of aromatic nitrogens is 2. The van der Waals surface area contributed by atoms with E-state index < -0.39 is 0 Å². The molecule has 0 aromatic carbocycles. The zero-order valence-electron chi connectivity index (χ0n) is 11.0. The highest BCUT2D eigenvalue weighted by molar-refractivity contribution is 14.1. The minimum Gasteiger partial charge on any atom is -0.370 e. The Labute approximate surface area is 127 Å². The molecule has 0 saturated heterocycles. The van der Waals surface area contributed by atoms with Crippen molar-refractivity contribution in [1.29, 1.82) is 0 Å². The third-order valence-corrected chi connectivity index (χ3v) is 5.17. The molecular formula is C13H18ClIN2O. The zero-order chi connectivity index (χ0) is 13.3. The second-order valence-electron chi connectivity index (χ2n) is 5.25. The van der Waals surface area contributed by atoms with Crippen LogP contribution >= 0.6 is 34.2 Å². The summed E-state index contributed by atoms with van der Waals surface area (Å²) in [5, 5.41) is 0.555. The van der Waals surface area contributed by atoms with E-state index in [2.05, 4.69) is 41.4 Å². The second kappa shape index (κ2) is 5.59. The van der Waals surface area contributed by atoms with Crippen molar-refractivity contribution in [2.24, 2.45) is 5.92 Å². The van der Waals surface area contributed by atoms with Crippen LogP contribution in [0.5, 0.6) is 0 Å². The molecule has 5 heteroatoms. The van der Waals surface area contributed by atoms with Crippen LogP contribution < -0.4 is 0 Å². The fourth-order valence-electron chi connectivity index (χ4n) is 2.21. The summed E-state index contributed by atoms with van der Waals surface area (Å²) < 4.78 is 6.60. The molecule has 0 spiro atoms. The lowest BCUT2D eigenvalue weighted by atomic mass is 9.79. The van der Waals surface area contributed by atoms with Crippen LogP contribution in [0.3, 0.4) is 0 Å². The van der Waals surface area contributed by atoms with Gasteiger partial charge in [-0.05, 0) is 54.2 Å². The lowest BCUT2D eigenvalue weighted by Crippen LogP contribution is -2.38. The monoisotopic (exact) mass is 380 g/mol. The van der Waals surface area contributed by atoms with E-state index in [9.17, 15) is 0 Å². The maximum Gasteiger partial charge on any atom is 0.162 e. The predicted molar refractivity (Wildman–Crippen MR) is 80.8 cm³/mol. The van der Waals surface area contributed by atoms with Crippen LogP contribution in [0, 0.1) is 9.49 Å². The van der Waals surface area contributed by atoms with Crippen LogP contribution in [0.15, 0.2) is 0 Å². The van der Waals surface area contributed by atoms with E-state index in [1.54, 1.807) is 7.11 Å². The molecule has 0 radical (unpaired) electrons. The first-order valence-electron chi connectivity index (χ1n) is 6.26. The number of ether oxygens (including phenoxy) is 1. The lowest BCUT2D eigenvalue weighted by molar-refractivity contribution is -0.0848. The molecule has 1 aliphatic carbocycles. The Morgan fingerprint density at radius 1 is 1.39 bits per heavy atom. The van der Waals surface area contributed by atoms with Gasteiger partial charge in [-0.1, -0.05) is 25.4 Å². The highest BCUT2D eigenvalue weighted by Crippen LogP contribution is 2.43. The molecule has 1 fully saturated rings. The highest BCUT2D eigenvalue weighted by atomic mass is 127. The zero-order valence-corrected chi connectivity index (χ0v) is 13.9. The molecule has 0 unspecified atom stereocenters. The van der Waals surface area contributed by atoms with Crippen molar-refractivity contribution < 1.29 is 4.74 Å². The van der Waals surface area contributed by atoms with Gasteiger partial charge >= 0.3 is 0 Å². The van der Waals surface area contributed by atoms with E-state index in [4.69, 9.17) is 21.3 Å². The molecule has 100 valence electrons. The standard InChI is InChI=1S/C13H18ClIN2O/c1-8(2)7-9-10(15)11(14)17-12(16-9)13(18-3)5-4-6-13/h8H,4-7H2,1-3H3. The van der Waals surface area contributed by atoms with E-state index in [0.29, 0.717) is 11.1 Å². The van der Waals surface area contributed by atoms with Gasteiger partial charge < -0.3 is 4.74 Å². The Balaban J connectivity index is 2.40. The fourth-order valence-corrected chi connectivity index (χ4v) is 2.86. The first-order chi connectivity index (χ1) is 8.48. The molecule has 0 amide bonds. The van der Waals surface area contributed by atoms with Crippen LogP contribution in [0.4, 0.5) is 0 Å². The Bertz CT molecular complexity index is 441. The fraction of sp³-hybridized carbons (Fsp3) is 0.692. The third kappa shape index (κ3) is 2.65. The maximum absolute atomic E-state index is 6.23. The van der Waals surface area contributed by atoms with Gasteiger partial charge in [0.15, 0.2) is 5.82 Å². The van der Waals surface area contributed by atoms with Gasteiger partial charge in [-0.2, -0.15) is 0 Å². The summed E-state index contributed by atoms with van der Waals surface area (Å²) in [4.78, 5) is 9.14. The van der Waals surface area contributed by atoms with Crippen molar-refractivity contribution in [3.05, 3.63) is 20.2 Å². The molecule has 0 N–H and O–H groups in total. The number of rotatable bonds is 4. The quantitative estimate of drug-likeness (QED) is 0.586. The number of hydrogen-bond donors (Lipinski definition) is 0. The molecule has 0 bridgehead atoms. The minimum absolute atomic E-state index is 0.292. The van der Waals surface area contributed by atoms with Crippen LogP contribution in [0.2, 0.25) is 5.15 Å². The molecule has 2 rings (SSSR count). The second-order valence-corrected chi connectivity index (χ2v) is 6.69. The van der Waals surface area contributed by atoms with Crippen LogP contribution in [-0.2, 0) is 16.8 Å². The minimum atomic E-state index is -0.292. The van der Waals surface area contributed by atoms with Gasteiger partial charge in [0.05, 0.1) is 9.26 Å². The normalized spacial score (nSPS) is 17.9. The molecule has 3 nitrogen and oxygen atoms in total. The largest absolute Gasteiger partial charge is 0.370 e. The Morgan fingerprint density at radius 2 is 2.06 bits per heavy atom. The molecule has 1 aromatic rings. The average molecular weight is 381 g/mol. The van der Waals surface area contributed by atoms with E-state index in [1.165, 1.54) is 6.42 Å². The van der Waals surface area contributed by atoms with Gasteiger partial charge in [0, 0.05) is 7.11 Å². The van der Waals surface area contributed by atoms with Crippen LogP contribution in [0.1, 0.15) is 44.6 Å². The Kier molecular flexibility index (Phi) is 4.49. The summed E-state index contributed by atoms with van der Waals surface area (Å²) in [5.41, 5.74) is 0.753. The highest BCUT2D eigenvalue weighted by Gasteiger charge is 2.42. The average Bonchev–Trinajstić information content (AvgIpc) is 2.23. The number of nitrogens with zero attached hydrogens (tertiary/aromatic N) is 2. The molecule has 1 aromatic heterocycles. The smallest absolute Gasteiger partial charge is 0.162 e. The number of halogens is 2. The van der Waals surface area contributed by atoms with Crippen molar-refractivity contribution in [2.45, 2.75) is 45.1 Å². The summed E-state index contributed by atoms with van der Waals surface area (Å²) >= 11 is 8.46. The third-order valence-electron chi connectivity index (χ3n) is 3.44. The Hall–Kier alpha value is 0.0600. The van der Waals surface area contributed by atoms with Gasteiger partial charge in [0.2, 0.25) is 0 Å². The molecule has 1 aliphatic rings. The number of hydrogen-bond acceptors (Lipinski definition) is 3. The van der Waals surface area contributed by atoms with Crippen molar-refractivity contribution in [2.75, 3.05) is 7.11 Å². The molecule has 1 saturated carbocycles. The molecule has 1 heterocycles. The van der Waals surface area contributed by atoms with Crippen molar-refractivity contribution in [3.8, 4) is 0 Å². The van der Waals surface area contributed by atoms with E-state index >= 15 is 0 Å². The summed E-state index contributed by atoms with van der Waals surface area (Å²) in [6, 6.07) is 0. The summed E-state index contributed by atoms with van der Waals surface area (Å²) in [5.74, 6) is 1.31. The lowest BCUT2D eigenvalue weighted by Gasteiger charge is -2.39. The SMILES string of the molecule is COC1(c2nc(Cl)c(I)c(CC(C)C)n2)CCC1. The van der Waals surface area contributed by atoms with Crippen LogP contribution in [-0.4, -0.2) is 17.1 Å². The van der Waals surface area contributed by atoms with Gasteiger partial charge in [0.1, 0.15) is 10.8 Å². The summed E-state index contributed by atoms with van der Waals surface area (Å²) in [6.07, 6.45) is 4.07. The van der Waals surface area contributed by atoms with Crippen molar-refractivity contribution in [1.82, 2.24) is 9.97 Å². The van der Waals surface area contributed by atoms with E-state index in [-0.39, 0.29) is 5.60 Å². The predicted octanol–water partition coefficient (Wildman–Crippen LogP) is 3.96. The van der Waals surface area contributed by atoms with Crippen molar-refractivity contribution >= 4 is 34.2 Å².